The molecule has 1 atom stereocenters. The van der Waals surface area contributed by atoms with Crippen molar-refractivity contribution in [3.63, 3.8) is 0 Å². The van der Waals surface area contributed by atoms with Crippen molar-refractivity contribution in [2.45, 2.75) is 18.9 Å². The van der Waals surface area contributed by atoms with Crippen molar-refractivity contribution in [3.05, 3.63) is 33.9 Å². The fourth-order valence-corrected chi connectivity index (χ4v) is 1.95. The average molecular weight is 293 g/mol. The molecule has 0 aliphatic carbocycles. The second-order valence-corrected chi connectivity index (χ2v) is 4.44. The van der Waals surface area contributed by atoms with Crippen LogP contribution in [0.1, 0.15) is 23.2 Å². The van der Waals surface area contributed by atoms with Gasteiger partial charge in [0.15, 0.2) is 0 Å². The fraction of sp³-hybridized carbons (Fsp3) is 0.250. The third-order valence-corrected chi connectivity index (χ3v) is 3.01. The van der Waals surface area contributed by atoms with Crippen molar-refractivity contribution in [2.24, 2.45) is 0 Å². The zero-order valence-electron chi connectivity index (χ0n) is 10.7. The lowest BCUT2D eigenvalue weighted by Gasteiger charge is -2.11. The first-order chi connectivity index (χ1) is 9.88. The Hall–Kier alpha value is -2.97. The van der Waals surface area contributed by atoms with E-state index in [9.17, 15) is 24.5 Å². The predicted molar refractivity (Wildman–Crippen MR) is 69.9 cm³/mol. The van der Waals surface area contributed by atoms with Gasteiger partial charge in [-0.15, -0.1) is 0 Å². The lowest BCUT2D eigenvalue weighted by atomic mass is 10.1. The maximum atomic E-state index is 11.9. The van der Waals surface area contributed by atoms with Crippen LogP contribution in [-0.4, -0.2) is 33.9 Å². The number of nitrogens with zero attached hydrogens (tertiary/aromatic N) is 1. The molecule has 1 aliphatic heterocycles. The lowest BCUT2D eigenvalue weighted by molar-refractivity contribution is -0.384. The second kappa shape index (κ2) is 5.57. The van der Waals surface area contributed by atoms with Crippen molar-refractivity contribution in [2.75, 3.05) is 5.32 Å². The van der Waals surface area contributed by atoms with Crippen LogP contribution in [0.4, 0.5) is 11.4 Å². The number of anilines is 1. The molecule has 9 nitrogen and oxygen atoms in total. The van der Waals surface area contributed by atoms with Crippen molar-refractivity contribution in [1.29, 1.82) is 0 Å². The summed E-state index contributed by atoms with van der Waals surface area (Å²) >= 11 is 0. The number of hydrogen-bond donors (Lipinski definition) is 3. The highest BCUT2D eigenvalue weighted by atomic mass is 16.6. The van der Waals surface area contributed by atoms with E-state index in [4.69, 9.17) is 5.11 Å². The summed E-state index contributed by atoms with van der Waals surface area (Å²) in [5.74, 6) is -2.14. The molecule has 0 aromatic heterocycles. The minimum absolute atomic E-state index is 0.115. The number of nitro groups is 1. The van der Waals surface area contributed by atoms with Crippen molar-refractivity contribution in [3.8, 4) is 0 Å². The molecule has 1 aliphatic rings. The van der Waals surface area contributed by atoms with Gasteiger partial charge in [0.2, 0.25) is 11.8 Å². The number of nitro benzene ring substituents is 1. The second-order valence-electron chi connectivity index (χ2n) is 4.44. The quantitative estimate of drug-likeness (QED) is 0.546. The summed E-state index contributed by atoms with van der Waals surface area (Å²) in [5, 5.41) is 24.5. The molecule has 0 saturated carbocycles. The first-order valence-electron chi connectivity index (χ1n) is 6.00. The van der Waals surface area contributed by atoms with E-state index in [1.807, 2.05) is 0 Å². The summed E-state index contributed by atoms with van der Waals surface area (Å²) < 4.78 is 0. The van der Waals surface area contributed by atoms with Crippen LogP contribution in [-0.2, 0) is 9.59 Å². The highest BCUT2D eigenvalue weighted by Crippen LogP contribution is 2.26. The summed E-state index contributed by atoms with van der Waals surface area (Å²) in [4.78, 5) is 43.9. The first kappa shape index (κ1) is 14.4. The molecular weight excluding hydrogens is 282 g/mol. The zero-order valence-corrected chi connectivity index (χ0v) is 10.7. The number of carboxylic acid groups (broad SMARTS) is 1. The molecule has 21 heavy (non-hydrogen) atoms. The van der Waals surface area contributed by atoms with E-state index in [-0.39, 0.29) is 23.6 Å². The number of nitrogens with one attached hydrogen (secondary N) is 2. The lowest BCUT2D eigenvalue weighted by Crippen LogP contribution is -2.37. The maximum absolute atomic E-state index is 11.9. The summed E-state index contributed by atoms with van der Waals surface area (Å²) in [5.41, 5.74) is -0.891. The third kappa shape index (κ3) is 3.14. The number of carbonyl (C=O) groups excluding carboxylic acids is 2. The molecule has 1 heterocycles. The Bertz CT molecular complexity index is 642. The number of rotatable bonds is 4. The van der Waals surface area contributed by atoms with Gasteiger partial charge in [0.1, 0.15) is 11.7 Å². The molecule has 2 rings (SSSR count). The van der Waals surface area contributed by atoms with E-state index in [1.165, 1.54) is 0 Å². The molecule has 1 aromatic rings. The van der Waals surface area contributed by atoms with Gasteiger partial charge in [-0.1, -0.05) is 0 Å². The smallest absolute Gasteiger partial charge is 0.335 e. The SMILES string of the molecule is O=C1CC[C@@H](C(=O)Nc2ccc(C(=O)O)cc2[N+](=O)[O-])N1. The van der Waals surface area contributed by atoms with E-state index in [1.54, 1.807) is 0 Å². The molecule has 0 bridgehead atoms. The van der Waals surface area contributed by atoms with Gasteiger partial charge in [-0.2, -0.15) is 0 Å². The van der Waals surface area contributed by atoms with Gasteiger partial charge in [0, 0.05) is 12.5 Å². The highest BCUT2D eigenvalue weighted by Gasteiger charge is 2.28. The van der Waals surface area contributed by atoms with E-state index < -0.39 is 28.5 Å². The van der Waals surface area contributed by atoms with Crippen molar-refractivity contribution < 1.29 is 24.4 Å². The van der Waals surface area contributed by atoms with Gasteiger partial charge in [-0.3, -0.25) is 19.7 Å². The standard InChI is InChI=1S/C12H11N3O6/c16-10-4-3-8(13-10)11(17)14-7-2-1-6(12(18)19)5-9(7)15(20)21/h1-2,5,8H,3-4H2,(H,13,16)(H,14,17)(H,18,19)/t8-/m0/s1. The average Bonchev–Trinajstić information content (AvgIpc) is 2.85. The van der Waals surface area contributed by atoms with E-state index >= 15 is 0 Å². The van der Waals surface area contributed by atoms with Gasteiger partial charge in [-0.25, -0.2) is 4.79 Å². The summed E-state index contributed by atoms with van der Waals surface area (Å²) in [7, 11) is 0. The number of aromatic carboxylic acids is 1. The first-order valence-corrected chi connectivity index (χ1v) is 6.00. The van der Waals surface area contributed by atoms with Gasteiger partial charge in [-0.05, 0) is 18.6 Å². The Morgan fingerprint density at radius 2 is 2.14 bits per heavy atom. The van der Waals surface area contributed by atoms with E-state index in [2.05, 4.69) is 10.6 Å². The largest absolute Gasteiger partial charge is 0.478 e. The van der Waals surface area contributed by atoms with Crippen LogP contribution in [0, 0.1) is 10.1 Å². The predicted octanol–water partition coefficient (Wildman–Crippen LogP) is 0.510. The molecule has 0 radical (unpaired) electrons. The van der Waals surface area contributed by atoms with Crippen LogP contribution in [0.5, 0.6) is 0 Å². The minimum atomic E-state index is -1.31. The van der Waals surface area contributed by atoms with E-state index in [0.717, 1.165) is 18.2 Å². The topological polar surface area (TPSA) is 139 Å². The fourth-order valence-electron chi connectivity index (χ4n) is 1.95. The molecule has 3 N–H and O–H groups in total. The number of amides is 2. The Morgan fingerprint density at radius 3 is 2.67 bits per heavy atom. The molecule has 1 saturated heterocycles. The third-order valence-electron chi connectivity index (χ3n) is 3.01. The summed E-state index contributed by atoms with van der Waals surface area (Å²) in [6.07, 6.45) is 0.532. The number of carbonyl (C=O) groups is 3. The summed E-state index contributed by atoms with van der Waals surface area (Å²) in [6.45, 7) is 0. The molecule has 110 valence electrons. The monoisotopic (exact) mass is 293 g/mol. The van der Waals surface area contributed by atoms with Crippen molar-refractivity contribution in [1.82, 2.24) is 5.32 Å². The number of hydrogen-bond acceptors (Lipinski definition) is 5. The van der Waals surface area contributed by atoms with Gasteiger partial charge in [0.05, 0.1) is 10.5 Å². The molecule has 1 fully saturated rings. The zero-order chi connectivity index (χ0) is 15.6. The Labute approximate surface area is 118 Å². The van der Waals surface area contributed by atoms with Crippen LogP contribution in [0.15, 0.2) is 18.2 Å². The van der Waals surface area contributed by atoms with Crippen LogP contribution in [0.2, 0.25) is 0 Å². The Kier molecular flexibility index (Phi) is 3.83. The summed E-state index contributed by atoms with van der Waals surface area (Å²) in [6, 6.07) is 2.43. The minimum Gasteiger partial charge on any atom is -0.478 e. The number of benzene rings is 1. The number of carboxylic acids is 1. The Balaban J connectivity index is 2.23. The van der Waals surface area contributed by atoms with Crippen LogP contribution < -0.4 is 10.6 Å². The van der Waals surface area contributed by atoms with E-state index in [0.29, 0.717) is 6.42 Å². The van der Waals surface area contributed by atoms with Gasteiger partial charge < -0.3 is 15.7 Å². The van der Waals surface area contributed by atoms with Gasteiger partial charge in [0.25, 0.3) is 5.69 Å². The Morgan fingerprint density at radius 1 is 1.43 bits per heavy atom. The normalized spacial score (nSPS) is 17.1. The van der Waals surface area contributed by atoms with Gasteiger partial charge >= 0.3 is 5.97 Å². The van der Waals surface area contributed by atoms with Crippen molar-refractivity contribution >= 4 is 29.2 Å². The van der Waals surface area contributed by atoms with Crippen LogP contribution >= 0.6 is 0 Å². The molecule has 2 amide bonds. The molecular formula is C12H11N3O6. The maximum Gasteiger partial charge on any atom is 0.335 e. The van der Waals surface area contributed by atoms with Crippen LogP contribution in [0.25, 0.3) is 0 Å². The molecule has 0 unspecified atom stereocenters. The molecule has 9 heteroatoms. The van der Waals surface area contributed by atoms with Crippen LogP contribution in [0.3, 0.4) is 0 Å². The molecule has 0 spiro atoms. The highest BCUT2D eigenvalue weighted by molar-refractivity contribution is 6.01. The molecule has 1 aromatic carbocycles.